The molecule has 0 bridgehead atoms. The number of pyridine rings is 1. The molecule has 0 atom stereocenters. The van der Waals surface area contributed by atoms with Crippen LogP contribution in [-0.4, -0.2) is 21.8 Å². The number of nitrogens with zero attached hydrogens (tertiary/aromatic N) is 4. The molecule has 2 heterocycles. The van der Waals surface area contributed by atoms with Crippen LogP contribution in [0.1, 0.15) is 5.56 Å². The Bertz CT molecular complexity index is 480. The zero-order valence-electron chi connectivity index (χ0n) is 9.26. The fourth-order valence-corrected chi connectivity index (χ4v) is 2.14. The summed E-state index contributed by atoms with van der Waals surface area (Å²) < 4.78 is 2.81. The molecule has 0 spiro atoms. The minimum atomic E-state index is 0.830. The van der Waals surface area contributed by atoms with Gasteiger partial charge in [-0.25, -0.2) is 0 Å². The lowest BCUT2D eigenvalue weighted by atomic mass is 10.3. The first-order valence-electron chi connectivity index (χ1n) is 4.95. The van der Waals surface area contributed by atoms with E-state index in [4.69, 9.17) is 0 Å². The van der Waals surface area contributed by atoms with E-state index < -0.39 is 0 Å². The third-order valence-corrected chi connectivity index (χ3v) is 2.95. The zero-order valence-corrected chi connectivity index (χ0v) is 10.8. The van der Waals surface area contributed by atoms with E-state index in [2.05, 4.69) is 30.9 Å². The standard InChI is InChI=1S/C11H13BrN4/c1-15(7-9-5-14-16(2)8-9)11-3-4-13-6-10(11)12/h3-6,8H,7H2,1-2H3. The maximum absolute atomic E-state index is 4.15. The Morgan fingerprint density at radius 2 is 2.25 bits per heavy atom. The summed E-state index contributed by atoms with van der Waals surface area (Å²) in [7, 11) is 3.97. The number of aryl methyl sites for hydroxylation is 1. The molecule has 84 valence electrons. The molecule has 0 N–H and O–H groups in total. The summed E-state index contributed by atoms with van der Waals surface area (Å²) >= 11 is 3.49. The van der Waals surface area contributed by atoms with Gasteiger partial charge in [0.05, 0.1) is 16.4 Å². The third-order valence-electron chi connectivity index (χ3n) is 2.34. The van der Waals surface area contributed by atoms with E-state index in [0.717, 1.165) is 16.7 Å². The van der Waals surface area contributed by atoms with Crippen LogP contribution in [0, 0.1) is 0 Å². The molecular formula is C11H13BrN4. The van der Waals surface area contributed by atoms with Crippen LogP contribution in [0.4, 0.5) is 5.69 Å². The highest BCUT2D eigenvalue weighted by Gasteiger charge is 2.06. The number of aromatic nitrogens is 3. The smallest absolute Gasteiger partial charge is 0.0592 e. The van der Waals surface area contributed by atoms with Crippen LogP contribution < -0.4 is 4.90 Å². The van der Waals surface area contributed by atoms with Crippen molar-refractivity contribution < 1.29 is 0 Å². The van der Waals surface area contributed by atoms with Gasteiger partial charge in [-0.1, -0.05) is 0 Å². The van der Waals surface area contributed by atoms with Gasteiger partial charge in [0.2, 0.25) is 0 Å². The van der Waals surface area contributed by atoms with Crippen molar-refractivity contribution in [2.45, 2.75) is 6.54 Å². The SMILES string of the molecule is CN(Cc1cnn(C)c1)c1ccncc1Br. The molecule has 0 amide bonds. The van der Waals surface area contributed by atoms with E-state index in [1.165, 1.54) is 5.56 Å². The van der Waals surface area contributed by atoms with Crippen LogP contribution in [0.25, 0.3) is 0 Å². The Labute approximate surface area is 103 Å². The maximum Gasteiger partial charge on any atom is 0.0592 e. The summed E-state index contributed by atoms with van der Waals surface area (Å²) in [5.74, 6) is 0. The van der Waals surface area contributed by atoms with E-state index in [9.17, 15) is 0 Å². The molecule has 0 aliphatic carbocycles. The molecule has 4 nitrogen and oxygen atoms in total. The van der Waals surface area contributed by atoms with E-state index in [1.807, 2.05) is 37.2 Å². The first-order chi connectivity index (χ1) is 7.66. The number of halogens is 1. The van der Waals surface area contributed by atoms with Crippen LogP contribution in [-0.2, 0) is 13.6 Å². The second-order valence-corrected chi connectivity index (χ2v) is 4.56. The second kappa shape index (κ2) is 4.65. The van der Waals surface area contributed by atoms with E-state index in [-0.39, 0.29) is 0 Å². The molecule has 2 aromatic rings. The normalized spacial score (nSPS) is 10.4. The Morgan fingerprint density at radius 1 is 1.44 bits per heavy atom. The largest absolute Gasteiger partial charge is 0.369 e. The highest BCUT2D eigenvalue weighted by atomic mass is 79.9. The fraction of sp³-hybridized carbons (Fsp3) is 0.273. The lowest BCUT2D eigenvalue weighted by molar-refractivity contribution is 0.766. The first kappa shape index (κ1) is 11.1. The first-order valence-corrected chi connectivity index (χ1v) is 5.74. The van der Waals surface area contributed by atoms with Gasteiger partial charge in [-0.05, 0) is 22.0 Å². The van der Waals surface area contributed by atoms with Gasteiger partial charge < -0.3 is 4.90 Å². The number of anilines is 1. The lowest BCUT2D eigenvalue weighted by Gasteiger charge is -2.19. The number of hydrogen-bond donors (Lipinski definition) is 0. The van der Waals surface area contributed by atoms with Crippen molar-refractivity contribution in [3.63, 3.8) is 0 Å². The van der Waals surface area contributed by atoms with Crippen LogP contribution in [0.2, 0.25) is 0 Å². The summed E-state index contributed by atoms with van der Waals surface area (Å²) in [6.07, 6.45) is 7.49. The van der Waals surface area contributed by atoms with Gasteiger partial charge in [-0.15, -0.1) is 0 Å². The van der Waals surface area contributed by atoms with Gasteiger partial charge in [0.1, 0.15) is 0 Å². The maximum atomic E-state index is 4.15. The Balaban J connectivity index is 2.14. The molecule has 2 aromatic heterocycles. The van der Waals surface area contributed by atoms with Crippen molar-refractivity contribution in [1.82, 2.24) is 14.8 Å². The predicted molar refractivity (Wildman–Crippen MR) is 67.3 cm³/mol. The molecule has 16 heavy (non-hydrogen) atoms. The molecule has 0 aromatic carbocycles. The van der Waals surface area contributed by atoms with Gasteiger partial charge in [-0.3, -0.25) is 9.67 Å². The van der Waals surface area contributed by atoms with Crippen LogP contribution >= 0.6 is 15.9 Å². The summed E-state index contributed by atoms with van der Waals surface area (Å²) in [6.45, 7) is 0.830. The predicted octanol–water partition coefficient (Wildman–Crippen LogP) is 2.21. The van der Waals surface area contributed by atoms with Crippen LogP contribution in [0.15, 0.2) is 35.3 Å². The van der Waals surface area contributed by atoms with E-state index in [1.54, 1.807) is 12.4 Å². The summed E-state index contributed by atoms with van der Waals surface area (Å²) in [4.78, 5) is 6.20. The molecule has 0 unspecified atom stereocenters. The quantitative estimate of drug-likeness (QED) is 0.865. The average Bonchev–Trinajstić information content (AvgIpc) is 2.64. The van der Waals surface area contributed by atoms with Crippen molar-refractivity contribution in [2.75, 3.05) is 11.9 Å². The molecule has 0 saturated heterocycles. The molecule has 0 saturated carbocycles. The van der Waals surface area contributed by atoms with Gasteiger partial charge in [0, 0.05) is 44.8 Å². The minimum absolute atomic E-state index is 0.830. The van der Waals surface area contributed by atoms with Gasteiger partial charge in [0.25, 0.3) is 0 Å². The molecule has 2 rings (SSSR count). The minimum Gasteiger partial charge on any atom is -0.369 e. The van der Waals surface area contributed by atoms with E-state index >= 15 is 0 Å². The van der Waals surface area contributed by atoms with Crippen molar-refractivity contribution in [2.24, 2.45) is 7.05 Å². The Morgan fingerprint density at radius 3 is 2.88 bits per heavy atom. The Kier molecular flexibility index (Phi) is 3.24. The van der Waals surface area contributed by atoms with Crippen molar-refractivity contribution in [3.05, 3.63) is 40.9 Å². The summed E-state index contributed by atoms with van der Waals surface area (Å²) in [5.41, 5.74) is 2.31. The average molecular weight is 281 g/mol. The highest BCUT2D eigenvalue weighted by molar-refractivity contribution is 9.10. The summed E-state index contributed by atoms with van der Waals surface area (Å²) in [6, 6.07) is 1.99. The molecule has 0 fully saturated rings. The highest BCUT2D eigenvalue weighted by Crippen LogP contribution is 2.24. The van der Waals surface area contributed by atoms with E-state index in [0.29, 0.717) is 0 Å². The van der Waals surface area contributed by atoms with Crippen molar-refractivity contribution in [1.29, 1.82) is 0 Å². The molecule has 5 heteroatoms. The third kappa shape index (κ3) is 2.41. The van der Waals surface area contributed by atoms with Crippen LogP contribution in [0.3, 0.4) is 0 Å². The lowest BCUT2D eigenvalue weighted by Crippen LogP contribution is -2.16. The Hall–Kier alpha value is -1.36. The topological polar surface area (TPSA) is 34.0 Å². The number of hydrogen-bond acceptors (Lipinski definition) is 3. The number of rotatable bonds is 3. The van der Waals surface area contributed by atoms with Gasteiger partial charge >= 0.3 is 0 Å². The monoisotopic (exact) mass is 280 g/mol. The zero-order chi connectivity index (χ0) is 11.5. The molecule has 0 aliphatic heterocycles. The van der Waals surface area contributed by atoms with Gasteiger partial charge in [-0.2, -0.15) is 5.10 Å². The molecule has 0 radical (unpaired) electrons. The van der Waals surface area contributed by atoms with Crippen molar-refractivity contribution in [3.8, 4) is 0 Å². The van der Waals surface area contributed by atoms with Crippen LogP contribution in [0.5, 0.6) is 0 Å². The molecule has 0 aliphatic rings. The van der Waals surface area contributed by atoms with Gasteiger partial charge in [0.15, 0.2) is 0 Å². The molecular weight excluding hydrogens is 268 g/mol. The van der Waals surface area contributed by atoms with Crippen molar-refractivity contribution >= 4 is 21.6 Å². The fourth-order valence-electron chi connectivity index (χ4n) is 1.59. The summed E-state index contributed by atoms with van der Waals surface area (Å²) in [5, 5.41) is 4.15. The second-order valence-electron chi connectivity index (χ2n) is 3.71.